The van der Waals surface area contributed by atoms with Crippen LogP contribution < -0.4 is 15.5 Å². The van der Waals surface area contributed by atoms with E-state index in [0.29, 0.717) is 23.5 Å². The van der Waals surface area contributed by atoms with Gasteiger partial charge in [0.05, 0.1) is 24.1 Å². The fraction of sp³-hybridized carbons (Fsp3) is 0.357. The number of rotatable bonds is 9. The van der Waals surface area contributed by atoms with Crippen molar-refractivity contribution in [3.05, 3.63) is 78.3 Å². The summed E-state index contributed by atoms with van der Waals surface area (Å²) >= 11 is 0. The molecule has 3 amide bonds. The van der Waals surface area contributed by atoms with Gasteiger partial charge in [0.15, 0.2) is 0 Å². The Hall–Kier alpha value is -3.74. The first-order chi connectivity index (χ1) is 17.1. The van der Waals surface area contributed by atoms with Crippen LogP contribution in [0.25, 0.3) is 0 Å². The van der Waals surface area contributed by atoms with Crippen LogP contribution in [0.15, 0.2) is 71.3 Å². The number of piperidine rings is 1. The molecule has 2 heterocycles. The van der Waals surface area contributed by atoms with Crippen LogP contribution in [0.5, 0.6) is 0 Å². The van der Waals surface area contributed by atoms with Gasteiger partial charge in [-0.3, -0.25) is 4.79 Å². The molecule has 35 heavy (non-hydrogen) atoms. The molecule has 7 nitrogen and oxygen atoms in total. The summed E-state index contributed by atoms with van der Waals surface area (Å²) in [4.78, 5) is 30.4. The second kappa shape index (κ2) is 12.1. The number of anilines is 3. The van der Waals surface area contributed by atoms with E-state index in [2.05, 4.69) is 22.5 Å². The SMILES string of the molecule is CCCCN(Cc1ccco1)c1ccc(NC(=O)Nc2ccccc2)cc1C(=O)N1CCCCC1. The molecule has 7 heteroatoms. The molecule has 2 N–H and O–H groups in total. The molecular weight excluding hydrogens is 440 g/mol. The maximum absolute atomic E-state index is 13.7. The molecule has 0 aliphatic carbocycles. The lowest BCUT2D eigenvalue weighted by Crippen LogP contribution is -2.37. The average molecular weight is 475 g/mol. The first kappa shape index (κ1) is 24.4. The Labute approximate surface area is 207 Å². The topological polar surface area (TPSA) is 77.8 Å². The summed E-state index contributed by atoms with van der Waals surface area (Å²) in [6.07, 6.45) is 6.90. The second-order valence-electron chi connectivity index (χ2n) is 8.88. The van der Waals surface area contributed by atoms with E-state index in [4.69, 9.17) is 4.42 Å². The zero-order valence-electron chi connectivity index (χ0n) is 20.3. The fourth-order valence-corrected chi connectivity index (χ4v) is 4.37. The molecular formula is C28H34N4O3. The van der Waals surface area contributed by atoms with Crippen LogP contribution in [0.4, 0.5) is 21.9 Å². The van der Waals surface area contributed by atoms with Crippen molar-refractivity contribution in [3.8, 4) is 0 Å². The summed E-state index contributed by atoms with van der Waals surface area (Å²) in [6.45, 7) is 5.06. The summed E-state index contributed by atoms with van der Waals surface area (Å²) in [5.74, 6) is 0.856. The molecule has 0 unspecified atom stereocenters. The largest absolute Gasteiger partial charge is 0.467 e. The van der Waals surface area contributed by atoms with Gasteiger partial charge in [-0.15, -0.1) is 0 Å². The number of nitrogens with one attached hydrogen (secondary N) is 2. The van der Waals surface area contributed by atoms with Crippen LogP contribution in [-0.2, 0) is 6.54 Å². The van der Waals surface area contributed by atoms with E-state index in [1.165, 1.54) is 0 Å². The van der Waals surface area contributed by atoms with E-state index >= 15 is 0 Å². The molecule has 0 atom stereocenters. The second-order valence-corrected chi connectivity index (χ2v) is 8.88. The molecule has 0 spiro atoms. The van der Waals surface area contributed by atoms with E-state index in [1.54, 1.807) is 12.3 Å². The predicted octanol–water partition coefficient (Wildman–Crippen LogP) is 6.36. The molecule has 0 radical (unpaired) electrons. The minimum absolute atomic E-state index is 0.00719. The third-order valence-corrected chi connectivity index (χ3v) is 6.21. The Morgan fingerprint density at radius 3 is 2.43 bits per heavy atom. The van der Waals surface area contributed by atoms with Gasteiger partial charge in [0.25, 0.3) is 5.91 Å². The van der Waals surface area contributed by atoms with Gasteiger partial charge in [0.1, 0.15) is 5.76 Å². The molecule has 184 valence electrons. The molecule has 1 saturated heterocycles. The standard InChI is InChI=1S/C28H34N4O3/c1-2-3-16-32(21-24-13-10-19-35-24)26-15-14-23(30-28(34)29-22-11-6-4-7-12-22)20-25(26)27(33)31-17-8-5-9-18-31/h4,6-7,10-15,19-20H,2-3,5,8-9,16-18,21H2,1H3,(H2,29,30,34). The highest BCUT2D eigenvalue weighted by atomic mass is 16.3. The van der Waals surface area contributed by atoms with Gasteiger partial charge >= 0.3 is 6.03 Å². The molecule has 1 aliphatic rings. The van der Waals surface area contributed by atoms with Crippen LogP contribution in [0, 0.1) is 0 Å². The first-order valence-corrected chi connectivity index (χ1v) is 12.5. The van der Waals surface area contributed by atoms with E-state index in [0.717, 1.165) is 63.2 Å². The van der Waals surface area contributed by atoms with Gasteiger partial charge in [-0.2, -0.15) is 0 Å². The summed E-state index contributed by atoms with van der Waals surface area (Å²) in [5.41, 5.74) is 2.75. The normalized spacial score (nSPS) is 13.3. The third kappa shape index (κ3) is 6.66. The predicted molar refractivity (Wildman–Crippen MR) is 140 cm³/mol. The lowest BCUT2D eigenvalue weighted by atomic mass is 10.1. The van der Waals surface area contributed by atoms with Gasteiger partial charge in [0, 0.05) is 31.0 Å². The van der Waals surface area contributed by atoms with Crippen molar-refractivity contribution in [1.29, 1.82) is 0 Å². The van der Waals surface area contributed by atoms with Crippen molar-refractivity contribution in [2.24, 2.45) is 0 Å². The number of amides is 3. The number of hydrogen-bond donors (Lipinski definition) is 2. The Kier molecular flexibility index (Phi) is 8.44. The number of unbranched alkanes of at least 4 members (excludes halogenated alkanes) is 1. The lowest BCUT2D eigenvalue weighted by molar-refractivity contribution is 0.0725. The van der Waals surface area contributed by atoms with E-state index in [-0.39, 0.29) is 11.9 Å². The molecule has 1 aliphatic heterocycles. The number of benzene rings is 2. The number of likely N-dealkylation sites (tertiary alicyclic amines) is 1. The van der Waals surface area contributed by atoms with Gasteiger partial charge in [-0.1, -0.05) is 31.5 Å². The third-order valence-electron chi connectivity index (χ3n) is 6.21. The zero-order valence-corrected chi connectivity index (χ0v) is 20.3. The number of carbonyl (C=O) groups excluding carboxylic acids is 2. The van der Waals surface area contributed by atoms with E-state index < -0.39 is 0 Å². The average Bonchev–Trinajstić information content (AvgIpc) is 3.40. The number of carbonyl (C=O) groups is 2. The minimum Gasteiger partial charge on any atom is -0.467 e. The number of nitrogens with zero attached hydrogens (tertiary/aromatic N) is 2. The highest BCUT2D eigenvalue weighted by Crippen LogP contribution is 2.29. The maximum atomic E-state index is 13.7. The van der Waals surface area contributed by atoms with Crippen molar-refractivity contribution in [2.45, 2.75) is 45.6 Å². The molecule has 1 fully saturated rings. The summed E-state index contributed by atoms with van der Waals surface area (Å²) in [5, 5.41) is 5.71. The molecule has 1 aromatic heterocycles. The van der Waals surface area contributed by atoms with Crippen molar-refractivity contribution in [3.63, 3.8) is 0 Å². The smallest absolute Gasteiger partial charge is 0.323 e. The van der Waals surface area contributed by atoms with Crippen molar-refractivity contribution in [1.82, 2.24) is 4.90 Å². The van der Waals surface area contributed by atoms with Gasteiger partial charge in [-0.05, 0) is 68.1 Å². The monoisotopic (exact) mass is 474 g/mol. The Bertz CT molecular complexity index is 1090. The minimum atomic E-state index is -0.348. The highest BCUT2D eigenvalue weighted by molar-refractivity contribution is 6.04. The molecule has 0 saturated carbocycles. The van der Waals surface area contributed by atoms with Gasteiger partial charge < -0.3 is 24.9 Å². The van der Waals surface area contributed by atoms with Crippen LogP contribution >= 0.6 is 0 Å². The number of hydrogen-bond acceptors (Lipinski definition) is 4. The lowest BCUT2D eigenvalue weighted by Gasteiger charge is -2.31. The van der Waals surface area contributed by atoms with Gasteiger partial charge in [0.2, 0.25) is 0 Å². The number of urea groups is 1. The number of para-hydroxylation sites is 1. The van der Waals surface area contributed by atoms with E-state index in [1.807, 2.05) is 59.5 Å². The Balaban J connectivity index is 1.62. The van der Waals surface area contributed by atoms with Crippen molar-refractivity contribution < 1.29 is 14.0 Å². The summed E-state index contributed by atoms with van der Waals surface area (Å²) in [7, 11) is 0. The van der Waals surface area contributed by atoms with E-state index in [9.17, 15) is 9.59 Å². The Morgan fingerprint density at radius 2 is 1.71 bits per heavy atom. The summed E-state index contributed by atoms with van der Waals surface area (Å²) in [6, 6.07) is 18.4. The molecule has 0 bridgehead atoms. The van der Waals surface area contributed by atoms with Crippen molar-refractivity contribution in [2.75, 3.05) is 35.2 Å². The molecule has 2 aromatic carbocycles. The molecule has 4 rings (SSSR count). The zero-order chi connectivity index (χ0) is 24.5. The van der Waals surface area contributed by atoms with Crippen molar-refractivity contribution >= 4 is 29.0 Å². The van der Waals surface area contributed by atoms with Crippen LogP contribution in [0.2, 0.25) is 0 Å². The Morgan fingerprint density at radius 1 is 0.943 bits per heavy atom. The highest BCUT2D eigenvalue weighted by Gasteiger charge is 2.24. The van der Waals surface area contributed by atoms with Crippen LogP contribution in [0.1, 0.15) is 55.1 Å². The fourth-order valence-electron chi connectivity index (χ4n) is 4.37. The van der Waals surface area contributed by atoms with Crippen LogP contribution in [0.3, 0.4) is 0 Å². The first-order valence-electron chi connectivity index (χ1n) is 12.5. The quantitative estimate of drug-likeness (QED) is 0.378. The summed E-state index contributed by atoms with van der Waals surface area (Å²) < 4.78 is 5.61. The molecule has 3 aromatic rings. The van der Waals surface area contributed by atoms with Crippen LogP contribution in [-0.4, -0.2) is 36.5 Å². The number of furan rings is 1. The van der Waals surface area contributed by atoms with Gasteiger partial charge in [-0.25, -0.2) is 4.79 Å². The maximum Gasteiger partial charge on any atom is 0.323 e.